The molecule has 0 radical (unpaired) electrons. The van der Waals surface area contributed by atoms with E-state index >= 15 is 0 Å². The monoisotopic (exact) mass is 298 g/mol. The maximum absolute atomic E-state index is 7.98. The molecule has 0 fully saturated rings. The molecule has 1 heterocycles. The predicted molar refractivity (Wildman–Crippen MR) is 91.3 cm³/mol. The van der Waals surface area contributed by atoms with Crippen molar-refractivity contribution in [3.63, 3.8) is 0 Å². The number of nitrogens with zero attached hydrogens (tertiary/aromatic N) is 2. The Kier molecular flexibility index (Phi) is 5.30. The van der Waals surface area contributed by atoms with Crippen molar-refractivity contribution >= 4 is 17.5 Å². The van der Waals surface area contributed by atoms with Gasteiger partial charge in [0.15, 0.2) is 0 Å². The Morgan fingerprint density at radius 1 is 1.32 bits per heavy atom. The molecule has 22 heavy (non-hydrogen) atoms. The summed E-state index contributed by atoms with van der Waals surface area (Å²) in [4.78, 5) is 8.77. The van der Waals surface area contributed by atoms with Gasteiger partial charge in [0.05, 0.1) is 5.71 Å². The summed E-state index contributed by atoms with van der Waals surface area (Å²) in [6.45, 7) is 4.97. The SMILES string of the molecule is CCCNc1nc(NC2=CC(=N)/C(=C\NC)C=C2)ncc1C. The zero-order valence-electron chi connectivity index (χ0n) is 13.2. The van der Waals surface area contributed by atoms with Crippen LogP contribution in [0.1, 0.15) is 18.9 Å². The highest BCUT2D eigenvalue weighted by molar-refractivity contribution is 6.10. The molecule has 6 heteroatoms. The van der Waals surface area contributed by atoms with Gasteiger partial charge in [0.25, 0.3) is 0 Å². The Morgan fingerprint density at radius 3 is 2.82 bits per heavy atom. The van der Waals surface area contributed by atoms with Crippen molar-refractivity contribution in [2.75, 3.05) is 24.2 Å². The molecule has 0 saturated carbocycles. The lowest BCUT2D eigenvalue weighted by atomic mass is 10.1. The summed E-state index contributed by atoms with van der Waals surface area (Å²) >= 11 is 0. The van der Waals surface area contributed by atoms with E-state index in [0.29, 0.717) is 11.7 Å². The van der Waals surface area contributed by atoms with Gasteiger partial charge in [-0.3, -0.25) is 0 Å². The lowest BCUT2D eigenvalue weighted by Gasteiger charge is -2.13. The van der Waals surface area contributed by atoms with E-state index in [4.69, 9.17) is 5.41 Å². The van der Waals surface area contributed by atoms with Crippen LogP contribution in [0.25, 0.3) is 0 Å². The van der Waals surface area contributed by atoms with Crippen LogP contribution in [-0.2, 0) is 0 Å². The Morgan fingerprint density at radius 2 is 2.14 bits per heavy atom. The first-order valence-electron chi connectivity index (χ1n) is 7.34. The van der Waals surface area contributed by atoms with E-state index < -0.39 is 0 Å². The first kappa shape index (κ1) is 15.8. The van der Waals surface area contributed by atoms with E-state index in [2.05, 4.69) is 32.8 Å². The largest absolute Gasteiger partial charge is 0.393 e. The highest BCUT2D eigenvalue weighted by atomic mass is 15.1. The van der Waals surface area contributed by atoms with Crippen molar-refractivity contribution in [2.45, 2.75) is 20.3 Å². The lowest BCUT2D eigenvalue weighted by molar-refractivity contribution is 0.960. The minimum Gasteiger partial charge on any atom is -0.393 e. The summed E-state index contributed by atoms with van der Waals surface area (Å²) < 4.78 is 0. The van der Waals surface area contributed by atoms with Crippen molar-refractivity contribution in [3.05, 3.63) is 47.5 Å². The van der Waals surface area contributed by atoms with Crippen LogP contribution in [0.3, 0.4) is 0 Å². The van der Waals surface area contributed by atoms with Gasteiger partial charge in [0.1, 0.15) is 5.82 Å². The Bertz CT molecular complexity index is 642. The van der Waals surface area contributed by atoms with Gasteiger partial charge in [0, 0.05) is 42.8 Å². The molecule has 1 aromatic rings. The standard InChI is InChI=1S/C16H22N6/c1-4-7-19-15-11(2)9-20-16(22-15)21-13-6-5-12(10-18-3)14(17)8-13/h5-6,8-10,17-18H,4,7H2,1-3H3,(H2,19,20,21,22)/b12-10-,17-14?. The van der Waals surface area contributed by atoms with E-state index in [1.807, 2.05) is 26.1 Å². The summed E-state index contributed by atoms with van der Waals surface area (Å²) in [5.41, 5.74) is 3.08. The maximum Gasteiger partial charge on any atom is 0.229 e. The number of rotatable bonds is 6. The first-order valence-corrected chi connectivity index (χ1v) is 7.34. The number of aromatic nitrogens is 2. The second-order valence-electron chi connectivity index (χ2n) is 5.01. The van der Waals surface area contributed by atoms with Crippen molar-refractivity contribution < 1.29 is 0 Å². The van der Waals surface area contributed by atoms with Crippen LogP contribution in [0, 0.1) is 12.3 Å². The number of hydrogen-bond acceptors (Lipinski definition) is 6. The molecule has 0 aliphatic heterocycles. The van der Waals surface area contributed by atoms with Crippen LogP contribution in [0.2, 0.25) is 0 Å². The molecule has 0 spiro atoms. The van der Waals surface area contributed by atoms with Crippen LogP contribution in [0.5, 0.6) is 0 Å². The lowest BCUT2D eigenvalue weighted by Crippen LogP contribution is -2.12. The molecule has 0 saturated heterocycles. The molecule has 116 valence electrons. The van der Waals surface area contributed by atoms with E-state index in [-0.39, 0.29) is 0 Å². The molecule has 0 unspecified atom stereocenters. The third-order valence-corrected chi connectivity index (χ3v) is 3.12. The maximum atomic E-state index is 7.98. The van der Waals surface area contributed by atoms with E-state index in [0.717, 1.165) is 35.6 Å². The minimum absolute atomic E-state index is 0.441. The van der Waals surface area contributed by atoms with Gasteiger partial charge in [-0.25, -0.2) is 4.98 Å². The average Bonchev–Trinajstić information content (AvgIpc) is 2.50. The molecule has 2 rings (SSSR count). The summed E-state index contributed by atoms with van der Waals surface area (Å²) in [6, 6.07) is 0. The van der Waals surface area contributed by atoms with Crippen molar-refractivity contribution in [3.8, 4) is 0 Å². The normalized spacial score (nSPS) is 15.7. The van der Waals surface area contributed by atoms with Crippen molar-refractivity contribution in [1.29, 1.82) is 5.41 Å². The fraction of sp³-hybridized carbons (Fsp3) is 0.312. The molecule has 0 atom stereocenters. The van der Waals surface area contributed by atoms with Crippen molar-refractivity contribution in [1.82, 2.24) is 15.3 Å². The second-order valence-corrected chi connectivity index (χ2v) is 5.01. The van der Waals surface area contributed by atoms with Crippen molar-refractivity contribution in [2.24, 2.45) is 0 Å². The van der Waals surface area contributed by atoms with Gasteiger partial charge < -0.3 is 21.4 Å². The zero-order chi connectivity index (χ0) is 15.9. The summed E-state index contributed by atoms with van der Waals surface area (Å²) in [6.07, 6.45) is 10.2. The number of nitrogens with one attached hydrogen (secondary N) is 4. The Labute approximate surface area is 131 Å². The average molecular weight is 298 g/mol. The van der Waals surface area contributed by atoms with Crippen LogP contribution in [0.4, 0.5) is 11.8 Å². The summed E-state index contributed by atoms with van der Waals surface area (Å²) in [5, 5.41) is 17.3. The molecule has 0 bridgehead atoms. The molecule has 0 aromatic carbocycles. The molecule has 0 amide bonds. The minimum atomic E-state index is 0.441. The van der Waals surface area contributed by atoms with Gasteiger partial charge in [-0.15, -0.1) is 0 Å². The predicted octanol–water partition coefficient (Wildman–Crippen LogP) is 2.60. The molecule has 4 N–H and O–H groups in total. The van der Waals surface area contributed by atoms with Gasteiger partial charge in [-0.2, -0.15) is 4.98 Å². The molecular weight excluding hydrogens is 276 g/mol. The third-order valence-electron chi connectivity index (χ3n) is 3.12. The molecule has 1 aliphatic carbocycles. The fourth-order valence-corrected chi connectivity index (χ4v) is 1.97. The third kappa shape index (κ3) is 3.94. The molecule has 6 nitrogen and oxygen atoms in total. The summed E-state index contributed by atoms with van der Waals surface area (Å²) in [5.74, 6) is 1.36. The van der Waals surface area contributed by atoms with Gasteiger partial charge in [-0.05, 0) is 31.6 Å². The Hall–Kier alpha value is -2.63. The van der Waals surface area contributed by atoms with Crippen LogP contribution in [0.15, 0.2) is 41.9 Å². The smallest absolute Gasteiger partial charge is 0.229 e. The highest BCUT2D eigenvalue weighted by Gasteiger charge is 2.09. The summed E-state index contributed by atoms with van der Waals surface area (Å²) in [7, 11) is 1.82. The number of allylic oxidation sites excluding steroid dienone is 4. The molecular formula is C16H22N6. The fourth-order valence-electron chi connectivity index (χ4n) is 1.97. The van der Waals surface area contributed by atoms with Gasteiger partial charge in [0.2, 0.25) is 5.95 Å². The van der Waals surface area contributed by atoms with Crippen LogP contribution in [-0.4, -0.2) is 29.3 Å². The van der Waals surface area contributed by atoms with E-state index in [9.17, 15) is 0 Å². The zero-order valence-corrected chi connectivity index (χ0v) is 13.2. The second kappa shape index (κ2) is 7.40. The van der Waals surface area contributed by atoms with E-state index in [1.54, 1.807) is 18.5 Å². The van der Waals surface area contributed by atoms with E-state index in [1.165, 1.54) is 0 Å². The van der Waals surface area contributed by atoms with Gasteiger partial charge >= 0.3 is 0 Å². The molecule has 1 aromatic heterocycles. The number of anilines is 2. The number of hydrogen-bond donors (Lipinski definition) is 4. The molecule has 1 aliphatic rings. The Balaban J connectivity index is 2.12. The van der Waals surface area contributed by atoms with Crippen LogP contribution < -0.4 is 16.0 Å². The quantitative estimate of drug-likeness (QED) is 0.648. The van der Waals surface area contributed by atoms with Crippen LogP contribution >= 0.6 is 0 Å². The first-order chi connectivity index (χ1) is 10.6. The van der Waals surface area contributed by atoms with Gasteiger partial charge in [-0.1, -0.05) is 6.92 Å². The topological polar surface area (TPSA) is 85.7 Å². The number of aryl methyl sites for hydroxylation is 1. The highest BCUT2D eigenvalue weighted by Crippen LogP contribution is 2.17.